The maximum absolute atomic E-state index is 2.43. The molecule has 0 unspecified atom stereocenters. The van der Waals surface area contributed by atoms with E-state index in [1.54, 1.807) is 0 Å². The second-order valence-electron chi connectivity index (χ2n) is 9.90. The third-order valence-electron chi connectivity index (χ3n) is 7.32. The Kier molecular flexibility index (Phi) is 4.63. The normalized spacial score (nSPS) is 13.0. The maximum atomic E-state index is 2.43. The second-order valence-corrected chi connectivity index (χ2v) is 9.90. The van der Waals surface area contributed by atoms with E-state index in [1.807, 2.05) is 0 Å². The van der Waals surface area contributed by atoms with Gasteiger partial charge >= 0.3 is 0 Å². The summed E-state index contributed by atoms with van der Waals surface area (Å²) < 4.78 is 0. The molecule has 0 heterocycles. The largest absolute Gasteiger partial charge is 0.0622 e. The lowest BCUT2D eigenvalue weighted by Crippen LogP contribution is -2.19. The van der Waals surface area contributed by atoms with Gasteiger partial charge in [-0.1, -0.05) is 125 Å². The lowest BCUT2D eigenvalue weighted by Gasteiger charge is -2.27. The predicted octanol–water partition coefficient (Wildman–Crippen LogP) is 7.91. The average Bonchev–Trinajstić information content (AvgIpc) is 3.17. The number of rotatable bonds is 4. The minimum absolute atomic E-state index is 0.00841. The van der Waals surface area contributed by atoms with Gasteiger partial charge in [-0.25, -0.2) is 0 Å². The molecular weight excluding hydrogens is 372 g/mol. The lowest BCUT2D eigenvalue weighted by molar-refractivity contribution is 0.639. The van der Waals surface area contributed by atoms with Crippen molar-refractivity contribution in [2.24, 2.45) is 0 Å². The molecule has 0 nitrogen and oxygen atoms in total. The van der Waals surface area contributed by atoms with Crippen molar-refractivity contribution in [3.8, 4) is 11.1 Å². The van der Waals surface area contributed by atoms with Crippen molar-refractivity contribution >= 4 is 0 Å². The molecule has 0 saturated heterocycles. The summed E-state index contributed by atoms with van der Waals surface area (Å²) in [6, 6.07) is 35.9. The fourth-order valence-electron chi connectivity index (χ4n) is 5.03. The Labute approximate surface area is 186 Å². The van der Waals surface area contributed by atoms with Gasteiger partial charge in [-0.15, -0.1) is 0 Å². The van der Waals surface area contributed by atoms with Crippen molar-refractivity contribution in [1.29, 1.82) is 0 Å². The summed E-state index contributed by atoms with van der Waals surface area (Å²) in [5.74, 6) is 0. The van der Waals surface area contributed by atoms with Crippen molar-refractivity contribution in [3.63, 3.8) is 0 Å². The summed E-state index contributed by atoms with van der Waals surface area (Å²) in [7, 11) is 0. The molecule has 0 atom stereocenters. The summed E-state index contributed by atoms with van der Waals surface area (Å²) in [5, 5.41) is 0. The van der Waals surface area contributed by atoms with E-state index in [1.165, 1.54) is 44.5 Å². The monoisotopic (exact) mass is 402 g/mol. The fourth-order valence-corrected chi connectivity index (χ4v) is 5.03. The first kappa shape index (κ1) is 19.8. The van der Waals surface area contributed by atoms with Crippen LogP contribution in [0.5, 0.6) is 0 Å². The standard InChI is InChI=1S/C31H30/c1-30(2,24-11-7-5-8-12-24)26-15-17-28-22(20-26)19-23-21-27(16-18-29(23)28)31(3,4)25-13-9-6-10-14-25/h5-18,20-21H,19H2,1-4H3. The van der Waals surface area contributed by atoms with Crippen LogP contribution in [0, 0.1) is 0 Å². The Hall–Kier alpha value is -3.12. The van der Waals surface area contributed by atoms with Crippen LogP contribution in [0.1, 0.15) is 61.1 Å². The van der Waals surface area contributed by atoms with Gasteiger partial charge in [0, 0.05) is 10.8 Å². The van der Waals surface area contributed by atoms with Crippen LogP contribution in [0.4, 0.5) is 0 Å². The minimum Gasteiger partial charge on any atom is -0.0622 e. The van der Waals surface area contributed by atoms with Crippen LogP contribution in [0.15, 0.2) is 97.1 Å². The first-order valence-electron chi connectivity index (χ1n) is 11.3. The molecule has 0 spiro atoms. The zero-order valence-electron chi connectivity index (χ0n) is 18.9. The van der Waals surface area contributed by atoms with E-state index < -0.39 is 0 Å². The lowest BCUT2D eigenvalue weighted by atomic mass is 9.77. The molecule has 31 heavy (non-hydrogen) atoms. The fraction of sp³-hybridized carbons (Fsp3) is 0.226. The van der Waals surface area contributed by atoms with Crippen LogP contribution in [0.3, 0.4) is 0 Å². The number of benzene rings is 4. The highest BCUT2D eigenvalue weighted by atomic mass is 14.3. The summed E-state index contributed by atoms with van der Waals surface area (Å²) in [4.78, 5) is 0. The smallest absolute Gasteiger partial charge is 0.0146 e. The molecule has 1 aliphatic rings. The van der Waals surface area contributed by atoms with Crippen LogP contribution in [0.25, 0.3) is 11.1 Å². The Morgan fingerprint density at radius 2 is 0.839 bits per heavy atom. The van der Waals surface area contributed by atoms with Crippen molar-refractivity contribution in [2.45, 2.75) is 44.9 Å². The van der Waals surface area contributed by atoms with Crippen molar-refractivity contribution in [3.05, 3.63) is 130 Å². The molecule has 0 radical (unpaired) electrons. The Morgan fingerprint density at radius 1 is 0.452 bits per heavy atom. The topological polar surface area (TPSA) is 0 Å². The third-order valence-corrected chi connectivity index (χ3v) is 7.32. The van der Waals surface area contributed by atoms with Gasteiger partial charge in [0.25, 0.3) is 0 Å². The van der Waals surface area contributed by atoms with Crippen LogP contribution in [-0.4, -0.2) is 0 Å². The van der Waals surface area contributed by atoms with Gasteiger partial charge in [-0.3, -0.25) is 0 Å². The van der Waals surface area contributed by atoms with Crippen LogP contribution >= 0.6 is 0 Å². The molecule has 5 rings (SSSR count). The van der Waals surface area contributed by atoms with Crippen molar-refractivity contribution in [1.82, 2.24) is 0 Å². The van der Waals surface area contributed by atoms with Crippen LogP contribution in [-0.2, 0) is 17.3 Å². The number of hydrogen-bond donors (Lipinski definition) is 0. The van der Waals surface area contributed by atoms with E-state index in [-0.39, 0.29) is 10.8 Å². The van der Waals surface area contributed by atoms with E-state index in [4.69, 9.17) is 0 Å². The highest BCUT2D eigenvalue weighted by molar-refractivity contribution is 5.78. The first-order chi connectivity index (χ1) is 14.9. The highest BCUT2D eigenvalue weighted by Crippen LogP contribution is 2.42. The second kappa shape index (κ2) is 7.24. The maximum Gasteiger partial charge on any atom is 0.0146 e. The molecule has 0 bridgehead atoms. The molecule has 0 fully saturated rings. The summed E-state index contributed by atoms with van der Waals surface area (Å²) >= 11 is 0. The summed E-state index contributed by atoms with van der Waals surface area (Å²) in [6.45, 7) is 9.30. The molecule has 154 valence electrons. The molecule has 0 aliphatic heterocycles. The van der Waals surface area contributed by atoms with E-state index in [9.17, 15) is 0 Å². The molecular formula is C31H30. The van der Waals surface area contributed by atoms with Gasteiger partial charge in [0.1, 0.15) is 0 Å². The van der Waals surface area contributed by atoms with E-state index in [2.05, 4.69) is 125 Å². The van der Waals surface area contributed by atoms with Crippen molar-refractivity contribution in [2.75, 3.05) is 0 Å². The van der Waals surface area contributed by atoms with Crippen LogP contribution in [0.2, 0.25) is 0 Å². The Morgan fingerprint density at radius 3 is 1.23 bits per heavy atom. The van der Waals surface area contributed by atoms with Crippen molar-refractivity contribution < 1.29 is 0 Å². The Bertz CT molecular complexity index is 1130. The quantitative estimate of drug-likeness (QED) is 0.286. The van der Waals surface area contributed by atoms with E-state index in [0.717, 1.165) is 6.42 Å². The summed E-state index contributed by atoms with van der Waals surface area (Å²) in [6.07, 6.45) is 1.02. The summed E-state index contributed by atoms with van der Waals surface area (Å²) in [5.41, 5.74) is 11.2. The van der Waals surface area contributed by atoms with Gasteiger partial charge in [-0.2, -0.15) is 0 Å². The molecule has 0 amide bonds. The molecule has 0 heteroatoms. The van der Waals surface area contributed by atoms with Gasteiger partial charge in [0.05, 0.1) is 0 Å². The predicted molar refractivity (Wildman–Crippen MR) is 132 cm³/mol. The third kappa shape index (κ3) is 3.31. The molecule has 4 aromatic carbocycles. The SMILES string of the molecule is CC(C)(c1ccccc1)c1ccc2c(c1)Cc1cc(C(C)(C)c3ccccc3)ccc1-2. The van der Waals surface area contributed by atoms with E-state index in [0.29, 0.717) is 0 Å². The number of fused-ring (bicyclic) bond motifs is 3. The average molecular weight is 403 g/mol. The molecule has 0 N–H and O–H groups in total. The first-order valence-corrected chi connectivity index (χ1v) is 11.3. The van der Waals surface area contributed by atoms with Gasteiger partial charge in [0.2, 0.25) is 0 Å². The highest BCUT2D eigenvalue weighted by Gasteiger charge is 2.28. The zero-order chi connectivity index (χ0) is 21.6. The zero-order valence-corrected chi connectivity index (χ0v) is 18.9. The molecule has 1 aliphatic carbocycles. The molecule has 0 saturated carbocycles. The van der Waals surface area contributed by atoms with Gasteiger partial charge in [-0.05, 0) is 50.9 Å². The minimum atomic E-state index is -0.00841. The Balaban J connectivity index is 1.50. The molecule has 0 aromatic heterocycles. The molecule has 4 aromatic rings. The van der Waals surface area contributed by atoms with Crippen LogP contribution < -0.4 is 0 Å². The van der Waals surface area contributed by atoms with Gasteiger partial charge < -0.3 is 0 Å². The van der Waals surface area contributed by atoms with E-state index >= 15 is 0 Å². The number of hydrogen-bond acceptors (Lipinski definition) is 0. The van der Waals surface area contributed by atoms with Gasteiger partial charge in [0.15, 0.2) is 0 Å².